The van der Waals surface area contributed by atoms with Crippen LogP contribution in [0.25, 0.3) is 0 Å². The maximum Gasteiger partial charge on any atom is 0.351 e. The van der Waals surface area contributed by atoms with Gasteiger partial charge in [-0.25, -0.2) is 4.79 Å². The van der Waals surface area contributed by atoms with E-state index in [1.54, 1.807) is 12.3 Å². The number of carbonyl (C=O) groups is 5. The maximum absolute atomic E-state index is 14.6. The zero-order valence-corrected chi connectivity index (χ0v) is 29.7. The molecule has 6 rings (SSSR count). The van der Waals surface area contributed by atoms with Crippen molar-refractivity contribution in [2.75, 3.05) is 25.0 Å². The average Bonchev–Trinajstić information content (AvgIpc) is 4.00. The van der Waals surface area contributed by atoms with E-state index in [0.29, 0.717) is 41.5 Å². The first kappa shape index (κ1) is 39.2. The van der Waals surface area contributed by atoms with Crippen molar-refractivity contribution in [2.24, 2.45) is 4.99 Å². The van der Waals surface area contributed by atoms with Crippen LogP contribution in [0.15, 0.2) is 58.3 Å². The summed E-state index contributed by atoms with van der Waals surface area (Å²) in [6, 6.07) is -0.0201. The number of nitrogens with zero attached hydrogens (tertiary/aromatic N) is 6. The van der Waals surface area contributed by atoms with Crippen molar-refractivity contribution in [2.45, 2.75) is 94.0 Å². The molecule has 0 aliphatic carbocycles. The van der Waals surface area contributed by atoms with E-state index in [1.807, 2.05) is 0 Å². The Kier molecular flexibility index (Phi) is 11.8. The Morgan fingerprint density at radius 1 is 1.00 bits per heavy atom. The molecule has 4 aliphatic rings. The lowest BCUT2D eigenvalue weighted by Crippen LogP contribution is -2.57. The first-order chi connectivity index (χ1) is 26.3. The summed E-state index contributed by atoms with van der Waals surface area (Å²) in [5.74, 6) is -7.05. The molecule has 0 radical (unpaired) electrons. The fourth-order valence-corrected chi connectivity index (χ4v) is 7.11. The fourth-order valence-electron chi connectivity index (χ4n) is 7.11. The first-order valence-electron chi connectivity index (χ1n) is 17.9. The molecule has 6 heterocycles. The van der Waals surface area contributed by atoms with Gasteiger partial charge in [0.05, 0.1) is 6.61 Å². The minimum atomic E-state index is -3.93. The molecule has 0 aromatic carbocycles. The third-order valence-electron chi connectivity index (χ3n) is 9.97. The van der Waals surface area contributed by atoms with E-state index in [2.05, 4.69) is 30.9 Å². The molecule has 0 saturated carbocycles. The molecule has 5 N–H and O–H groups in total. The number of aliphatic hydroxyl groups is 2. The van der Waals surface area contributed by atoms with Gasteiger partial charge in [-0.05, 0) is 50.8 Å². The second-order valence-corrected chi connectivity index (χ2v) is 13.6. The van der Waals surface area contributed by atoms with E-state index in [1.165, 1.54) is 41.2 Å². The molecule has 18 nitrogen and oxygen atoms in total. The number of anilines is 1. The third kappa shape index (κ3) is 8.30. The normalized spacial score (nSPS) is 25.3. The van der Waals surface area contributed by atoms with E-state index < -0.39 is 90.4 Å². The molecule has 3 saturated heterocycles. The summed E-state index contributed by atoms with van der Waals surface area (Å²) in [5.41, 5.74) is -0.371. The number of ether oxygens (including phenoxy) is 1. The van der Waals surface area contributed by atoms with Gasteiger partial charge in [0, 0.05) is 62.0 Å². The number of hydrogen-bond donors (Lipinski definition) is 5. The summed E-state index contributed by atoms with van der Waals surface area (Å²) in [6.45, 7) is 1.02. The van der Waals surface area contributed by atoms with Crippen LogP contribution in [-0.4, -0.2) is 132 Å². The van der Waals surface area contributed by atoms with E-state index >= 15 is 0 Å². The molecule has 0 bridgehead atoms. The Morgan fingerprint density at radius 3 is 2.29 bits per heavy atom. The van der Waals surface area contributed by atoms with Gasteiger partial charge in [-0.1, -0.05) is 6.08 Å². The standard InChI is InChI=1S/C35H41F2N9O9/c1-19(40-28(49)20-8-12-38-13-9-20)31(52)44-14-3-6-23(44)29(50)41-22(17-21-5-2-11-39-21)32(53)45-15-4-7-24(45)30(51)42-26-10-16-46(34(54)43-26)33-35(36,37)27(48)25(18-47)55-33/h5,8-13,16,19,22-25,27,33,47-48H,2-4,6-7,14-15,17-18H2,1H3,(H,40,49)(H,41,50)(H,42,43,51,54)/t19-,22+,23+,24-,25?,27?,33?/m1/s1. The molecule has 3 fully saturated rings. The molecule has 0 spiro atoms. The topological polar surface area (TPSA) is 238 Å². The quantitative estimate of drug-likeness (QED) is 0.184. The Labute approximate surface area is 312 Å². The van der Waals surface area contributed by atoms with E-state index in [0.717, 1.165) is 12.3 Å². The highest BCUT2D eigenvalue weighted by molar-refractivity contribution is 6.00. The van der Waals surface area contributed by atoms with Gasteiger partial charge >= 0.3 is 11.6 Å². The van der Waals surface area contributed by atoms with Crippen LogP contribution in [0.4, 0.5) is 14.6 Å². The van der Waals surface area contributed by atoms with Gasteiger partial charge in [0.2, 0.25) is 29.9 Å². The number of aromatic nitrogens is 3. The monoisotopic (exact) mass is 769 g/mol. The molecule has 2 aromatic rings. The van der Waals surface area contributed by atoms with Crippen LogP contribution in [0.2, 0.25) is 0 Å². The van der Waals surface area contributed by atoms with Crippen LogP contribution in [-0.2, 0) is 23.9 Å². The summed E-state index contributed by atoms with van der Waals surface area (Å²) in [5, 5.41) is 27.0. The number of allylic oxidation sites excluding steroid dienone is 1. The number of halogens is 2. The van der Waals surface area contributed by atoms with Crippen LogP contribution in [0, 0.1) is 0 Å². The van der Waals surface area contributed by atoms with Crippen LogP contribution in [0.5, 0.6) is 0 Å². The fraction of sp³-hybridized carbons (Fsp3) is 0.514. The van der Waals surface area contributed by atoms with Crippen molar-refractivity contribution in [1.82, 2.24) is 35.0 Å². The number of rotatable bonds is 12. The number of likely N-dealkylation sites (tertiary alicyclic amines) is 2. The van der Waals surface area contributed by atoms with Gasteiger partial charge in [0.25, 0.3) is 5.91 Å². The molecule has 7 atom stereocenters. The summed E-state index contributed by atoms with van der Waals surface area (Å²) in [4.78, 5) is 94.8. The van der Waals surface area contributed by atoms with Gasteiger partial charge in [0.15, 0.2) is 6.10 Å². The second-order valence-electron chi connectivity index (χ2n) is 13.6. The van der Waals surface area contributed by atoms with Gasteiger partial charge in [-0.2, -0.15) is 13.8 Å². The van der Waals surface area contributed by atoms with Gasteiger partial charge in [0.1, 0.15) is 36.1 Å². The number of aliphatic hydroxyl groups excluding tert-OH is 2. The van der Waals surface area contributed by atoms with Crippen molar-refractivity contribution in [3.05, 3.63) is 64.6 Å². The highest BCUT2D eigenvalue weighted by Crippen LogP contribution is 2.42. The van der Waals surface area contributed by atoms with Crippen LogP contribution >= 0.6 is 0 Å². The lowest BCUT2D eigenvalue weighted by molar-refractivity contribution is -0.143. The smallest absolute Gasteiger partial charge is 0.351 e. The van der Waals surface area contributed by atoms with Crippen molar-refractivity contribution in [3.8, 4) is 0 Å². The number of carbonyl (C=O) groups excluding carboxylic acids is 5. The highest BCUT2D eigenvalue weighted by Gasteiger charge is 2.59. The SMILES string of the molecule is C[C@@H](NC(=O)c1ccncc1)C(=O)N1CCC[C@H]1C(=O)N[C@@H](CC1=CCC=N1)C(=O)N1CCC[C@@H]1C(=O)Nc1ccn(C2OC(CO)C(O)C2(F)F)c(=O)n1. The largest absolute Gasteiger partial charge is 0.394 e. The number of pyridine rings is 1. The van der Waals surface area contributed by atoms with Crippen LogP contribution in [0.1, 0.15) is 62.0 Å². The van der Waals surface area contributed by atoms with Gasteiger partial charge in [-0.3, -0.25) is 38.5 Å². The molecule has 4 aliphatic heterocycles. The van der Waals surface area contributed by atoms with Crippen molar-refractivity contribution in [1.29, 1.82) is 0 Å². The molecular weight excluding hydrogens is 728 g/mol. The van der Waals surface area contributed by atoms with Crippen LogP contribution < -0.4 is 21.6 Å². The van der Waals surface area contributed by atoms with E-state index in [-0.39, 0.29) is 31.7 Å². The number of amides is 5. The number of aliphatic imine (C=N–C) groups is 1. The first-order valence-corrected chi connectivity index (χ1v) is 17.9. The Hall–Kier alpha value is -5.47. The van der Waals surface area contributed by atoms with Gasteiger partial charge < -0.3 is 40.7 Å². The second kappa shape index (κ2) is 16.5. The molecular formula is C35H41F2N9O9. The molecule has 2 aromatic heterocycles. The van der Waals surface area contributed by atoms with Crippen molar-refractivity contribution < 1.29 is 47.7 Å². The zero-order chi connectivity index (χ0) is 39.4. The summed E-state index contributed by atoms with van der Waals surface area (Å²) in [6.07, 6.45) is 3.01. The lowest BCUT2D eigenvalue weighted by atomic mass is 10.1. The predicted octanol–water partition coefficient (Wildman–Crippen LogP) is -0.503. The summed E-state index contributed by atoms with van der Waals surface area (Å²) < 4.78 is 34.7. The summed E-state index contributed by atoms with van der Waals surface area (Å²) >= 11 is 0. The molecule has 3 unspecified atom stereocenters. The van der Waals surface area contributed by atoms with E-state index in [4.69, 9.17) is 4.74 Å². The van der Waals surface area contributed by atoms with Gasteiger partial charge in [-0.15, -0.1) is 0 Å². The Bertz CT molecular complexity index is 1930. The lowest BCUT2D eigenvalue weighted by Gasteiger charge is -2.31. The molecule has 20 heteroatoms. The highest BCUT2D eigenvalue weighted by atomic mass is 19.3. The van der Waals surface area contributed by atoms with Crippen LogP contribution in [0.3, 0.4) is 0 Å². The molecule has 55 heavy (non-hydrogen) atoms. The van der Waals surface area contributed by atoms with Crippen molar-refractivity contribution >= 4 is 41.6 Å². The number of alkyl halides is 2. The van der Waals surface area contributed by atoms with Crippen molar-refractivity contribution in [3.63, 3.8) is 0 Å². The molecule has 5 amide bonds. The predicted molar refractivity (Wildman–Crippen MR) is 187 cm³/mol. The Morgan fingerprint density at radius 2 is 1.67 bits per heavy atom. The summed E-state index contributed by atoms with van der Waals surface area (Å²) in [7, 11) is 0. The number of hydrogen-bond acceptors (Lipinski definition) is 12. The average molecular weight is 770 g/mol. The number of nitrogens with one attached hydrogen (secondary N) is 3. The maximum atomic E-state index is 14.6. The third-order valence-corrected chi connectivity index (χ3v) is 9.97. The Balaban J connectivity index is 1.12. The van der Waals surface area contributed by atoms with E-state index in [9.17, 15) is 47.8 Å². The minimum absolute atomic E-state index is 0.00443. The zero-order valence-electron chi connectivity index (χ0n) is 29.7. The minimum Gasteiger partial charge on any atom is -0.394 e. The molecule has 294 valence electrons.